The third kappa shape index (κ3) is 2.84. The number of anilines is 1. The molecule has 1 aromatic carbocycles. The number of thioether (sulfide) groups is 1. The molecular weight excluding hydrogens is 277 g/mol. The van der Waals surface area contributed by atoms with Crippen LogP contribution in [0.2, 0.25) is 5.02 Å². The third-order valence-corrected chi connectivity index (χ3v) is 3.92. The molecule has 0 bridgehead atoms. The fraction of sp³-hybridized carbons (Fsp3) is 0.333. The summed E-state index contributed by atoms with van der Waals surface area (Å²) in [5, 5.41) is 0.215. The number of benzene rings is 1. The zero-order valence-corrected chi connectivity index (χ0v) is 11.2. The summed E-state index contributed by atoms with van der Waals surface area (Å²) in [7, 11) is 0. The molecular formula is C12H11ClFNO2S. The molecule has 1 unspecified atom stereocenters. The number of amides is 1. The van der Waals surface area contributed by atoms with Gasteiger partial charge < -0.3 is 4.90 Å². The maximum Gasteiger partial charge on any atom is 0.228 e. The fourth-order valence-electron chi connectivity index (χ4n) is 1.91. The van der Waals surface area contributed by atoms with Crippen molar-refractivity contribution in [2.75, 3.05) is 11.4 Å². The van der Waals surface area contributed by atoms with Crippen LogP contribution >= 0.6 is 23.4 Å². The summed E-state index contributed by atoms with van der Waals surface area (Å²) in [5.41, 5.74) is 0.369. The fourth-order valence-corrected chi connectivity index (χ4v) is 3.05. The van der Waals surface area contributed by atoms with Gasteiger partial charge in [0.1, 0.15) is 5.82 Å². The lowest BCUT2D eigenvalue weighted by Crippen LogP contribution is -2.25. The highest BCUT2D eigenvalue weighted by Gasteiger charge is 2.32. The van der Waals surface area contributed by atoms with Crippen molar-refractivity contribution in [2.24, 2.45) is 0 Å². The number of carbonyl (C=O) groups excluding carboxylic acids is 2. The Kier molecular flexibility index (Phi) is 3.92. The van der Waals surface area contributed by atoms with Crippen molar-refractivity contribution in [1.29, 1.82) is 0 Å². The number of hydrogen-bond acceptors (Lipinski definition) is 3. The molecule has 0 N–H and O–H groups in total. The van der Waals surface area contributed by atoms with Crippen LogP contribution in [0, 0.1) is 5.82 Å². The predicted molar refractivity (Wildman–Crippen MR) is 70.4 cm³/mol. The number of halogens is 2. The summed E-state index contributed by atoms with van der Waals surface area (Å²) in [6, 6.07) is 3.90. The van der Waals surface area contributed by atoms with Gasteiger partial charge in [-0.15, -0.1) is 0 Å². The minimum Gasteiger partial charge on any atom is -0.310 e. The van der Waals surface area contributed by atoms with Gasteiger partial charge in [0.15, 0.2) is 5.12 Å². The SMILES string of the molecule is CC(=O)SC1CC(=O)N(c2cc(F)ccc2Cl)C1. The van der Waals surface area contributed by atoms with Crippen LogP contribution in [0.1, 0.15) is 13.3 Å². The molecule has 1 aromatic rings. The second-order valence-corrected chi connectivity index (χ2v) is 5.92. The zero-order chi connectivity index (χ0) is 13.3. The molecule has 0 spiro atoms. The molecule has 0 aromatic heterocycles. The van der Waals surface area contributed by atoms with E-state index in [1.807, 2.05) is 0 Å². The van der Waals surface area contributed by atoms with Crippen LogP contribution in [0.4, 0.5) is 10.1 Å². The molecule has 1 amide bonds. The van der Waals surface area contributed by atoms with Crippen molar-refractivity contribution in [3.63, 3.8) is 0 Å². The normalized spacial score (nSPS) is 19.4. The molecule has 6 heteroatoms. The molecule has 1 heterocycles. The lowest BCUT2D eigenvalue weighted by Gasteiger charge is -2.17. The van der Waals surface area contributed by atoms with E-state index in [0.717, 1.165) is 11.8 Å². The molecule has 18 heavy (non-hydrogen) atoms. The largest absolute Gasteiger partial charge is 0.310 e. The Bertz CT molecular complexity index is 509. The third-order valence-electron chi connectivity index (χ3n) is 2.62. The van der Waals surface area contributed by atoms with E-state index >= 15 is 0 Å². The van der Waals surface area contributed by atoms with E-state index in [2.05, 4.69) is 0 Å². The van der Waals surface area contributed by atoms with Crippen LogP contribution in [-0.2, 0) is 9.59 Å². The van der Waals surface area contributed by atoms with Gasteiger partial charge in [0, 0.05) is 25.1 Å². The molecule has 0 radical (unpaired) electrons. The molecule has 96 valence electrons. The van der Waals surface area contributed by atoms with Gasteiger partial charge in [-0.3, -0.25) is 9.59 Å². The average Bonchev–Trinajstić information content (AvgIpc) is 2.62. The smallest absolute Gasteiger partial charge is 0.228 e. The summed E-state index contributed by atoms with van der Waals surface area (Å²) in [5.74, 6) is -0.578. The number of nitrogens with zero attached hydrogens (tertiary/aromatic N) is 1. The Hall–Kier alpha value is -1.07. The highest BCUT2D eigenvalue weighted by Crippen LogP contribution is 2.33. The monoisotopic (exact) mass is 287 g/mol. The van der Waals surface area contributed by atoms with Gasteiger partial charge >= 0.3 is 0 Å². The Balaban J connectivity index is 2.21. The van der Waals surface area contributed by atoms with E-state index in [4.69, 9.17) is 11.6 Å². The van der Waals surface area contributed by atoms with E-state index in [-0.39, 0.29) is 22.7 Å². The van der Waals surface area contributed by atoms with Gasteiger partial charge in [0.2, 0.25) is 5.91 Å². The van der Waals surface area contributed by atoms with E-state index in [0.29, 0.717) is 17.3 Å². The van der Waals surface area contributed by atoms with Crippen molar-refractivity contribution in [1.82, 2.24) is 0 Å². The minimum absolute atomic E-state index is 0.0278. The maximum absolute atomic E-state index is 13.2. The van der Waals surface area contributed by atoms with E-state index < -0.39 is 5.82 Å². The summed E-state index contributed by atoms with van der Waals surface area (Å²) >= 11 is 7.10. The molecule has 0 saturated carbocycles. The van der Waals surface area contributed by atoms with Gasteiger partial charge in [0.25, 0.3) is 0 Å². The highest BCUT2D eigenvalue weighted by atomic mass is 35.5. The molecule has 2 rings (SSSR count). The Morgan fingerprint density at radius 3 is 2.94 bits per heavy atom. The van der Waals surface area contributed by atoms with Crippen molar-refractivity contribution in [3.8, 4) is 0 Å². The molecule has 1 saturated heterocycles. The molecule has 1 fully saturated rings. The topological polar surface area (TPSA) is 37.4 Å². The van der Waals surface area contributed by atoms with Gasteiger partial charge in [-0.2, -0.15) is 0 Å². The number of hydrogen-bond donors (Lipinski definition) is 0. The number of rotatable bonds is 2. The summed E-state index contributed by atoms with van der Waals surface area (Å²) in [4.78, 5) is 24.3. The average molecular weight is 288 g/mol. The first kappa shape index (κ1) is 13.4. The Labute approximate surface area is 113 Å². The van der Waals surface area contributed by atoms with Gasteiger partial charge in [0.05, 0.1) is 10.7 Å². The first-order valence-electron chi connectivity index (χ1n) is 5.40. The van der Waals surface area contributed by atoms with E-state index in [1.54, 1.807) is 0 Å². The molecule has 3 nitrogen and oxygen atoms in total. The van der Waals surface area contributed by atoms with Crippen LogP contribution in [0.5, 0.6) is 0 Å². The van der Waals surface area contributed by atoms with Crippen molar-refractivity contribution < 1.29 is 14.0 Å². The molecule has 0 aliphatic carbocycles. The van der Waals surface area contributed by atoms with Crippen LogP contribution in [-0.4, -0.2) is 22.8 Å². The van der Waals surface area contributed by atoms with E-state index in [1.165, 1.54) is 30.0 Å². The Morgan fingerprint density at radius 1 is 1.56 bits per heavy atom. The summed E-state index contributed by atoms with van der Waals surface area (Å²) < 4.78 is 13.2. The van der Waals surface area contributed by atoms with E-state index in [9.17, 15) is 14.0 Å². The Morgan fingerprint density at radius 2 is 2.28 bits per heavy atom. The lowest BCUT2D eigenvalue weighted by molar-refractivity contribution is -0.117. The van der Waals surface area contributed by atoms with Gasteiger partial charge in [-0.1, -0.05) is 23.4 Å². The van der Waals surface area contributed by atoms with Gasteiger partial charge in [-0.25, -0.2) is 4.39 Å². The molecule has 1 atom stereocenters. The van der Waals surface area contributed by atoms with Crippen LogP contribution in [0.15, 0.2) is 18.2 Å². The summed E-state index contributed by atoms with van der Waals surface area (Å²) in [6.45, 7) is 1.85. The van der Waals surface area contributed by atoms with Crippen LogP contribution in [0.25, 0.3) is 0 Å². The first-order valence-corrected chi connectivity index (χ1v) is 6.66. The predicted octanol–water partition coefficient (Wildman–Crippen LogP) is 2.86. The summed E-state index contributed by atoms with van der Waals surface area (Å²) in [6.07, 6.45) is 0.275. The molecule has 1 aliphatic heterocycles. The minimum atomic E-state index is -0.440. The second kappa shape index (κ2) is 5.28. The second-order valence-electron chi connectivity index (χ2n) is 4.04. The standard InChI is InChI=1S/C12H11ClFNO2S/c1-7(16)18-9-5-12(17)15(6-9)11-4-8(14)2-3-10(11)13/h2-4,9H,5-6H2,1H3. The van der Waals surface area contributed by atoms with Crippen LogP contribution in [0.3, 0.4) is 0 Å². The van der Waals surface area contributed by atoms with Crippen molar-refractivity contribution in [2.45, 2.75) is 18.6 Å². The highest BCUT2D eigenvalue weighted by molar-refractivity contribution is 8.14. The lowest BCUT2D eigenvalue weighted by atomic mass is 10.3. The van der Waals surface area contributed by atoms with Crippen molar-refractivity contribution in [3.05, 3.63) is 29.0 Å². The number of carbonyl (C=O) groups is 2. The van der Waals surface area contributed by atoms with Crippen LogP contribution < -0.4 is 4.90 Å². The quantitative estimate of drug-likeness (QED) is 0.839. The van der Waals surface area contributed by atoms with Crippen molar-refractivity contribution >= 4 is 40.1 Å². The first-order chi connectivity index (χ1) is 8.47. The molecule has 1 aliphatic rings. The maximum atomic E-state index is 13.2. The van der Waals surface area contributed by atoms with Gasteiger partial charge in [-0.05, 0) is 18.2 Å². The zero-order valence-electron chi connectivity index (χ0n) is 9.65.